The maximum atomic E-state index is 3.72. The highest BCUT2D eigenvalue weighted by Gasteiger charge is 2.24. The van der Waals surface area contributed by atoms with Gasteiger partial charge >= 0.3 is 0 Å². The molecule has 0 heterocycles. The Balaban J connectivity index is 1.57. The van der Waals surface area contributed by atoms with E-state index in [-0.39, 0.29) is 0 Å². The molecule has 1 aromatic carbocycles. The Morgan fingerprint density at radius 3 is 2.74 bits per heavy atom. The van der Waals surface area contributed by atoms with Crippen molar-refractivity contribution >= 4 is 0 Å². The molecule has 0 aliphatic heterocycles. The Labute approximate surface area is 118 Å². The van der Waals surface area contributed by atoms with Gasteiger partial charge in [-0.25, -0.2) is 0 Å². The lowest BCUT2D eigenvalue weighted by molar-refractivity contribution is 0.443. The van der Waals surface area contributed by atoms with Crippen LogP contribution in [-0.2, 0) is 6.42 Å². The van der Waals surface area contributed by atoms with Gasteiger partial charge in [0.1, 0.15) is 0 Å². The zero-order valence-corrected chi connectivity index (χ0v) is 12.6. The first-order valence-corrected chi connectivity index (χ1v) is 8.12. The Kier molecular flexibility index (Phi) is 5.91. The van der Waals surface area contributed by atoms with Crippen molar-refractivity contribution in [1.29, 1.82) is 0 Å². The van der Waals surface area contributed by atoms with Gasteiger partial charge in [0.25, 0.3) is 0 Å². The van der Waals surface area contributed by atoms with E-state index in [0.29, 0.717) is 6.04 Å². The molecule has 0 bridgehead atoms. The topological polar surface area (TPSA) is 12.0 Å². The molecule has 2 unspecified atom stereocenters. The molecular weight excluding hydrogens is 230 g/mol. The zero-order valence-electron chi connectivity index (χ0n) is 12.6. The molecule has 2 atom stereocenters. The average Bonchev–Trinajstić information content (AvgIpc) is 2.39. The Hall–Kier alpha value is -0.820. The number of unbranched alkanes of at least 4 members (excludes halogenated alkanes) is 4. The van der Waals surface area contributed by atoms with Crippen LogP contribution in [0.15, 0.2) is 24.3 Å². The molecule has 1 N–H and O–H groups in total. The first-order chi connectivity index (χ1) is 9.31. The van der Waals surface area contributed by atoms with E-state index in [9.17, 15) is 0 Å². The SMILES string of the molecule is CCCCCCCC(C)NCC1Cc2ccccc21. The highest BCUT2D eigenvalue weighted by atomic mass is 14.9. The van der Waals surface area contributed by atoms with Gasteiger partial charge in [-0.1, -0.05) is 63.3 Å². The normalized spacial score (nSPS) is 18.7. The molecule has 2 rings (SSSR count). The van der Waals surface area contributed by atoms with E-state index in [4.69, 9.17) is 0 Å². The Morgan fingerprint density at radius 1 is 1.16 bits per heavy atom. The minimum absolute atomic E-state index is 0.675. The van der Waals surface area contributed by atoms with Crippen molar-refractivity contribution in [3.63, 3.8) is 0 Å². The minimum atomic E-state index is 0.675. The smallest absolute Gasteiger partial charge is 0.00389 e. The number of fused-ring (bicyclic) bond motifs is 1. The summed E-state index contributed by atoms with van der Waals surface area (Å²) in [6, 6.07) is 9.56. The second-order valence-electron chi connectivity index (χ2n) is 6.11. The Morgan fingerprint density at radius 2 is 1.95 bits per heavy atom. The summed E-state index contributed by atoms with van der Waals surface area (Å²) in [6.45, 7) is 5.78. The number of benzene rings is 1. The highest BCUT2D eigenvalue weighted by Crippen LogP contribution is 2.34. The maximum Gasteiger partial charge on any atom is 0.00389 e. The van der Waals surface area contributed by atoms with Gasteiger partial charge in [-0.05, 0) is 30.9 Å². The Bertz CT molecular complexity index is 372. The monoisotopic (exact) mass is 259 g/mol. The third kappa shape index (κ3) is 4.35. The molecule has 1 aliphatic rings. The quantitative estimate of drug-likeness (QED) is 0.636. The molecule has 1 aliphatic carbocycles. The second kappa shape index (κ2) is 7.69. The molecule has 0 fully saturated rings. The lowest BCUT2D eigenvalue weighted by atomic mass is 9.77. The molecular formula is C18H29N. The number of hydrogen-bond acceptors (Lipinski definition) is 1. The van der Waals surface area contributed by atoms with Gasteiger partial charge in [-0.2, -0.15) is 0 Å². The summed E-state index contributed by atoms with van der Waals surface area (Å²) in [4.78, 5) is 0. The molecule has 0 radical (unpaired) electrons. The number of nitrogens with one attached hydrogen (secondary N) is 1. The second-order valence-corrected chi connectivity index (χ2v) is 6.11. The molecule has 1 heteroatoms. The van der Waals surface area contributed by atoms with E-state index in [1.54, 1.807) is 11.1 Å². The molecule has 1 aromatic rings. The first-order valence-electron chi connectivity index (χ1n) is 8.12. The van der Waals surface area contributed by atoms with Crippen molar-refractivity contribution < 1.29 is 0 Å². The number of hydrogen-bond donors (Lipinski definition) is 1. The van der Waals surface area contributed by atoms with Gasteiger partial charge in [0.2, 0.25) is 0 Å². The van der Waals surface area contributed by atoms with E-state index in [1.165, 1.54) is 44.9 Å². The van der Waals surface area contributed by atoms with E-state index in [1.807, 2.05) is 0 Å². The number of rotatable bonds is 9. The summed E-state index contributed by atoms with van der Waals surface area (Å²) in [5.74, 6) is 0.763. The van der Waals surface area contributed by atoms with E-state index < -0.39 is 0 Å². The van der Waals surface area contributed by atoms with E-state index >= 15 is 0 Å². The fraction of sp³-hybridized carbons (Fsp3) is 0.667. The van der Waals surface area contributed by atoms with Crippen molar-refractivity contribution in [3.8, 4) is 0 Å². The first kappa shape index (κ1) is 14.6. The molecule has 0 saturated heterocycles. The summed E-state index contributed by atoms with van der Waals surface area (Å²) >= 11 is 0. The lowest BCUT2D eigenvalue weighted by Crippen LogP contribution is -2.34. The summed E-state index contributed by atoms with van der Waals surface area (Å²) in [7, 11) is 0. The summed E-state index contributed by atoms with van der Waals surface area (Å²) in [6.07, 6.45) is 9.56. The van der Waals surface area contributed by atoms with Gasteiger partial charge in [0, 0.05) is 18.5 Å². The fourth-order valence-corrected chi connectivity index (χ4v) is 3.04. The van der Waals surface area contributed by atoms with E-state index in [0.717, 1.165) is 12.5 Å². The standard InChI is InChI=1S/C18H29N/c1-3-4-5-6-7-10-15(2)19-14-17-13-16-11-8-9-12-18(16)17/h8-9,11-12,15,17,19H,3-7,10,13-14H2,1-2H3. The van der Waals surface area contributed by atoms with Crippen LogP contribution in [0.1, 0.15) is 69.4 Å². The molecule has 19 heavy (non-hydrogen) atoms. The van der Waals surface area contributed by atoms with Crippen molar-refractivity contribution in [1.82, 2.24) is 5.32 Å². The lowest BCUT2D eigenvalue weighted by Gasteiger charge is -2.31. The van der Waals surface area contributed by atoms with Crippen LogP contribution in [0.4, 0.5) is 0 Å². The van der Waals surface area contributed by atoms with Crippen LogP contribution in [-0.4, -0.2) is 12.6 Å². The molecule has 0 amide bonds. The highest BCUT2D eigenvalue weighted by molar-refractivity contribution is 5.40. The van der Waals surface area contributed by atoms with E-state index in [2.05, 4.69) is 43.4 Å². The van der Waals surface area contributed by atoms with Gasteiger partial charge in [0.15, 0.2) is 0 Å². The van der Waals surface area contributed by atoms with Gasteiger partial charge in [-0.15, -0.1) is 0 Å². The van der Waals surface area contributed by atoms with Crippen LogP contribution >= 0.6 is 0 Å². The van der Waals surface area contributed by atoms with Crippen molar-refractivity contribution in [3.05, 3.63) is 35.4 Å². The van der Waals surface area contributed by atoms with Crippen LogP contribution in [0.3, 0.4) is 0 Å². The van der Waals surface area contributed by atoms with Crippen LogP contribution < -0.4 is 5.32 Å². The minimum Gasteiger partial charge on any atom is -0.314 e. The van der Waals surface area contributed by atoms with Crippen LogP contribution in [0.5, 0.6) is 0 Å². The predicted molar refractivity (Wildman–Crippen MR) is 83.7 cm³/mol. The average molecular weight is 259 g/mol. The third-order valence-electron chi connectivity index (χ3n) is 4.41. The van der Waals surface area contributed by atoms with Crippen LogP contribution in [0.25, 0.3) is 0 Å². The third-order valence-corrected chi connectivity index (χ3v) is 4.41. The largest absolute Gasteiger partial charge is 0.314 e. The zero-order chi connectivity index (χ0) is 13.5. The van der Waals surface area contributed by atoms with Crippen molar-refractivity contribution in [2.45, 2.75) is 70.8 Å². The summed E-state index contributed by atoms with van der Waals surface area (Å²) in [5, 5.41) is 3.72. The summed E-state index contributed by atoms with van der Waals surface area (Å²) in [5.41, 5.74) is 3.13. The predicted octanol–water partition coefficient (Wildman–Crippen LogP) is 4.66. The van der Waals surface area contributed by atoms with Gasteiger partial charge < -0.3 is 5.32 Å². The van der Waals surface area contributed by atoms with Crippen LogP contribution in [0, 0.1) is 0 Å². The molecule has 0 saturated carbocycles. The molecule has 0 aromatic heterocycles. The van der Waals surface area contributed by atoms with Gasteiger partial charge in [-0.3, -0.25) is 0 Å². The summed E-state index contributed by atoms with van der Waals surface area (Å²) < 4.78 is 0. The fourth-order valence-electron chi connectivity index (χ4n) is 3.04. The molecule has 0 spiro atoms. The van der Waals surface area contributed by atoms with Crippen molar-refractivity contribution in [2.24, 2.45) is 0 Å². The van der Waals surface area contributed by atoms with Gasteiger partial charge in [0.05, 0.1) is 0 Å². The van der Waals surface area contributed by atoms with Crippen LogP contribution in [0.2, 0.25) is 0 Å². The molecule has 106 valence electrons. The molecule has 1 nitrogen and oxygen atoms in total. The maximum absolute atomic E-state index is 3.72. The van der Waals surface area contributed by atoms with Crippen molar-refractivity contribution in [2.75, 3.05) is 6.54 Å².